The summed E-state index contributed by atoms with van der Waals surface area (Å²) in [5.74, 6) is -5.78. The number of carbonyl (C=O) groups excluding carboxylic acids is 1. The van der Waals surface area contributed by atoms with Gasteiger partial charge in [0, 0.05) is 11.6 Å². The van der Waals surface area contributed by atoms with Crippen molar-refractivity contribution in [3.63, 3.8) is 0 Å². The normalized spacial score (nSPS) is 12.9. The number of phenolic OH excluding ortho intramolecular Hbond substituents is 1. The summed E-state index contributed by atoms with van der Waals surface area (Å²) in [6, 6.07) is 1.56. The van der Waals surface area contributed by atoms with Crippen molar-refractivity contribution in [3.8, 4) is 11.5 Å². The van der Waals surface area contributed by atoms with E-state index in [4.69, 9.17) is 10.5 Å². The standard InChI is InChI=1S/C12H15F2NO4/c1-3-19-11(17)12(13,14)10(15)8-5-4-7(16)6-9(8)18-2/h4-6,10,16H,3,15H2,1-2H3/t10-/m0/s1. The van der Waals surface area contributed by atoms with Crippen LogP contribution in [0.4, 0.5) is 8.78 Å². The zero-order valence-electron chi connectivity index (χ0n) is 10.5. The van der Waals surface area contributed by atoms with E-state index in [0.29, 0.717) is 0 Å². The monoisotopic (exact) mass is 275 g/mol. The Morgan fingerprint density at radius 2 is 2.16 bits per heavy atom. The van der Waals surface area contributed by atoms with Crippen molar-refractivity contribution in [2.45, 2.75) is 18.9 Å². The number of rotatable bonds is 5. The fourth-order valence-electron chi connectivity index (χ4n) is 1.51. The largest absolute Gasteiger partial charge is 0.508 e. The number of halogens is 2. The number of ether oxygens (including phenoxy) is 2. The van der Waals surface area contributed by atoms with Gasteiger partial charge in [0.05, 0.1) is 13.7 Å². The number of alkyl halides is 2. The summed E-state index contributed by atoms with van der Waals surface area (Å²) in [5.41, 5.74) is 5.32. The first-order chi connectivity index (χ1) is 8.84. The molecule has 0 aliphatic rings. The van der Waals surface area contributed by atoms with Crippen molar-refractivity contribution in [1.82, 2.24) is 0 Å². The van der Waals surface area contributed by atoms with E-state index in [0.717, 1.165) is 6.07 Å². The number of aromatic hydroxyl groups is 1. The molecule has 1 atom stereocenters. The van der Waals surface area contributed by atoms with Gasteiger partial charge in [0.1, 0.15) is 17.5 Å². The van der Waals surface area contributed by atoms with E-state index in [-0.39, 0.29) is 23.7 Å². The van der Waals surface area contributed by atoms with Crippen molar-refractivity contribution < 1.29 is 28.2 Å². The Morgan fingerprint density at radius 1 is 1.53 bits per heavy atom. The number of esters is 1. The van der Waals surface area contributed by atoms with Crippen LogP contribution in [0.1, 0.15) is 18.5 Å². The molecule has 0 fully saturated rings. The van der Waals surface area contributed by atoms with E-state index in [9.17, 15) is 18.7 Å². The molecule has 19 heavy (non-hydrogen) atoms. The van der Waals surface area contributed by atoms with Gasteiger partial charge < -0.3 is 20.3 Å². The summed E-state index contributed by atoms with van der Waals surface area (Å²) in [5, 5.41) is 9.25. The Hall–Kier alpha value is -1.89. The van der Waals surface area contributed by atoms with Crippen molar-refractivity contribution in [3.05, 3.63) is 23.8 Å². The fourth-order valence-corrected chi connectivity index (χ4v) is 1.51. The Bertz CT molecular complexity index is 465. The Balaban J connectivity index is 3.11. The first-order valence-electron chi connectivity index (χ1n) is 5.52. The Kier molecular flexibility index (Phi) is 4.66. The zero-order chi connectivity index (χ0) is 14.6. The van der Waals surface area contributed by atoms with Crippen LogP contribution in [-0.4, -0.2) is 30.7 Å². The second-order valence-electron chi connectivity index (χ2n) is 3.75. The summed E-state index contributed by atoms with van der Waals surface area (Å²) in [6.07, 6.45) is 0. The molecule has 0 bridgehead atoms. The highest BCUT2D eigenvalue weighted by Crippen LogP contribution is 2.36. The molecule has 0 heterocycles. The van der Waals surface area contributed by atoms with Crippen LogP contribution in [0.2, 0.25) is 0 Å². The second kappa shape index (κ2) is 5.83. The van der Waals surface area contributed by atoms with E-state index in [1.807, 2.05) is 0 Å². The summed E-state index contributed by atoms with van der Waals surface area (Å²) < 4.78 is 36.7. The van der Waals surface area contributed by atoms with Crippen molar-refractivity contribution >= 4 is 5.97 Å². The van der Waals surface area contributed by atoms with Crippen LogP contribution >= 0.6 is 0 Å². The number of methoxy groups -OCH3 is 1. The van der Waals surface area contributed by atoms with Gasteiger partial charge in [-0.25, -0.2) is 4.79 Å². The van der Waals surface area contributed by atoms with Gasteiger partial charge in [0.2, 0.25) is 0 Å². The topological polar surface area (TPSA) is 81.8 Å². The molecule has 3 N–H and O–H groups in total. The maximum atomic E-state index is 13.8. The van der Waals surface area contributed by atoms with Crippen molar-refractivity contribution in [2.75, 3.05) is 13.7 Å². The quantitative estimate of drug-likeness (QED) is 0.798. The fraction of sp³-hybridized carbons (Fsp3) is 0.417. The Morgan fingerprint density at radius 3 is 2.68 bits per heavy atom. The van der Waals surface area contributed by atoms with Crippen LogP contribution in [0, 0.1) is 0 Å². The molecule has 7 heteroatoms. The third-order valence-corrected chi connectivity index (χ3v) is 2.49. The van der Waals surface area contributed by atoms with Crippen molar-refractivity contribution in [2.24, 2.45) is 5.73 Å². The van der Waals surface area contributed by atoms with Crippen molar-refractivity contribution in [1.29, 1.82) is 0 Å². The van der Waals surface area contributed by atoms with Gasteiger partial charge in [-0.05, 0) is 19.1 Å². The molecule has 1 aromatic rings. The number of carbonyl (C=O) groups is 1. The van der Waals surface area contributed by atoms with Gasteiger partial charge in [-0.15, -0.1) is 0 Å². The molecule has 1 aromatic carbocycles. The SMILES string of the molecule is CCOC(=O)C(F)(F)[C@@H](N)c1ccc(O)cc1OC. The maximum Gasteiger partial charge on any atom is 0.379 e. The predicted molar refractivity (Wildman–Crippen MR) is 63.2 cm³/mol. The first kappa shape index (κ1) is 15.2. The zero-order valence-corrected chi connectivity index (χ0v) is 10.5. The molecule has 5 nitrogen and oxygen atoms in total. The number of hydrogen-bond acceptors (Lipinski definition) is 5. The van der Waals surface area contributed by atoms with Gasteiger partial charge in [0.25, 0.3) is 0 Å². The molecule has 0 spiro atoms. The molecule has 0 unspecified atom stereocenters. The van der Waals surface area contributed by atoms with Crippen LogP contribution < -0.4 is 10.5 Å². The van der Waals surface area contributed by atoms with Crippen LogP contribution in [0.25, 0.3) is 0 Å². The highest BCUT2D eigenvalue weighted by Gasteiger charge is 2.48. The van der Waals surface area contributed by atoms with E-state index in [2.05, 4.69) is 4.74 Å². The molecule has 0 amide bonds. The van der Waals surface area contributed by atoms with Crippen LogP contribution in [0.3, 0.4) is 0 Å². The lowest BCUT2D eigenvalue weighted by Gasteiger charge is -2.23. The molecule has 0 saturated carbocycles. The van der Waals surface area contributed by atoms with Gasteiger partial charge in [-0.2, -0.15) is 8.78 Å². The molecule has 0 saturated heterocycles. The molecule has 0 aliphatic heterocycles. The number of phenols is 1. The third-order valence-electron chi connectivity index (χ3n) is 2.49. The molecule has 106 valence electrons. The van der Waals surface area contributed by atoms with E-state index in [1.165, 1.54) is 26.2 Å². The average Bonchev–Trinajstić information content (AvgIpc) is 2.37. The number of hydrogen-bond donors (Lipinski definition) is 2. The van der Waals surface area contributed by atoms with E-state index < -0.39 is 17.9 Å². The minimum absolute atomic E-state index is 0.0310. The minimum atomic E-state index is -3.89. The smallest absolute Gasteiger partial charge is 0.379 e. The lowest BCUT2D eigenvalue weighted by molar-refractivity contribution is -0.174. The maximum absolute atomic E-state index is 13.8. The third kappa shape index (κ3) is 3.11. The molecule has 0 aliphatic carbocycles. The molecular formula is C12H15F2NO4. The number of benzene rings is 1. The minimum Gasteiger partial charge on any atom is -0.508 e. The van der Waals surface area contributed by atoms with Crippen LogP contribution in [0.15, 0.2) is 18.2 Å². The lowest BCUT2D eigenvalue weighted by Crippen LogP contribution is -2.41. The lowest BCUT2D eigenvalue weighted by atomic mass is 10.00. The second-order valence-corrected chi connectivity index (χ2v) is 3.75. The molecule has 1 rings (SSSR count). The summed E-state index contributed by atoms with van der Waals surface area (Å²) in [4.78, 5) is 11.2. The van der Waals surface area contributed by atoms with Gasteiger partial charge >= 0.3 is 11.9 Å². The van der Waals surface area contributed by atoms with Gasteiger partial charge in [-0.3, -0.25) is 0 Å². The Labute approximate surface area is 108 Å². The first-order valence-corrected chi connectivity index (χ1v) is 5.52. The summed E-state index contributed by atoms with van der Waals surface area (Å²) >= 11 is 0. The average molecular weight is 275 g/mol. The van der Waals surface area contributed by atoms with Crippen LogP contribution in [0.5, 0.6) is 11.5 Å². The highest BCUT2D eigenvalue weighted by molar-refractivity contribution is 5.79. The summed E-state index contributed by atoms with van der Waals surface area (Å²) in [6.45, 7) is 1.24. The van der Waals surface area contributed by atoms with Crippen LogP contribution in [-0.2, 0) is 9.53 Å². The highest BCUT2D eigenvalue weighted by atomic mass is 19.3. The van der Waals surface area contributed by atoms with Gasteiger partial charge in [-0.1, -0.05) is 0 Å². The van der Waals surface area contributed by atoms with E-state index >= 15 is 0 Å². The predicted octanol–water partition coefficient (Wildman–Crippen LogP) is 1.60. The number of nitrogens with two attached hydrogens (primary N) is 1. The molecule has 0 aromatic heterocycles. The molecule has 0 radical (unpaired) electrons. The van der Waals surface area contributed by atoms with Gasteiger partial charge in [0.15, 0.2) is 0 Å². The molecular weight excluding hydrogens is 260 g/mol. The summed E-state index contributed by atoms with van der Waals surface area (Å²) in [7, 11) is 1.24. The van der Waals surface area contributed by atoms with E-state index in [1.54, 1.807) is 0 Å².